The normalized spacial score (nSPS) is 11.4. The Hall–Kier alpha value is -3.47. The molecule has 2 heterocycles. The lowest BCUT2D eigenvalue weighted by molar-refractivity contribution is 0.628. The first kappa shape index (κ1) is 21.2. The number of benzene rings is 2. The van der Waals surface area contributed by atoms with E-state index in [4.69, 9.17) is 0 Å². The van der Waals surface area contributed by atoms with Gasteiger partial charge in [-0.3, -0.25) is 5.10 Å². The molecule has 5 heteroatoms. The van der Waals surface area contributed by atoms with E-state index in [1.807, 2.05) is 26.0 Å². The summed E-state index contributed by atoms with van der Waals surface area (Å²) >= 11 is 0. The number of rotatable bonds is 5. The quantitative estimate of drug-likeness (QED) is 0.387. The van der Waals surface area contributed by atoms with E-state index in [-0.39, 0.29) is 11.9 Å². The van der Waals surface area contributed by atoms with Crippen LogP contribution in [0.25, 0.3) is 22.4 Å². The molecule has 0 spiro atoms. The van der Waals surface area contributed by atoms with Crippen LogP contribution in [-0.2, 0) is 0 Å². The molecule has 4 aromatic rings. The number of pyridine rings is 1. The first-order valence-corrected chi connectivity index (χ1v) is 10.2. The molecule has 0 aliphatic rings. The molecular weight excluding hydrogens is 375 g/mol. The molecule has 4 rings (SSSR count). The minimum atomic E-state index is -0.259. The van der Waals surface area contributed by atoms with Crippen molar-refractivity contribution in [2.24, 2.45) is 0 Å². The van der Waals surface area contributed by atoms with Gasteiger partial charge in [0.15, 0.2) is 0 Å². The van der Waals surface area contributed by atoms with Crippen molar-refractivity contribution in [3.8, 4) is 22.4 Å². The van der Waals surface area contributed by atoms with Gasteiger partial charge in [-0.1, -0.05) is 43.7 Å². The highest BCUT2D eigenvalue weighted by Crippen LogP contribution is 2.31. The summed E-state index contributed by atoms with van der Waals surface area (Å²) in [6.07, 6.45) is 3.56. The van der Waals surface area contributed by atoms with E-state index < -0.39 is 0 Å². The molecule has 0 saturated heterocycles. The van der Waals surface area contributed by atoms with E-state index in [1.165, 1.54) is 23.3 Å². The predicted octanol–water partition coefficient (Wildman–Crippen LogP) is 6.79. The molecule has 1 atom stereocenters. The Labute approximate surface area is 177 Å². The third-order valence-corrected chi connectivity index (χ3v) is 4.78. The van der Waals surface area contributed by atoms with Crippen molar-refractivity contribution in [2.75, 3.05) is 5.32 Å². The molecule has 30 heavy (non-hydrogen) atoms. The molecule has 0 aliphatic carbocycles. The molecule has 1 unspecified atom stereocenters. The van der Waals surface area contributed by atoms with Gasteiger partial charge in [0, 0.05) is 23.4 Å². The Kier molecular flexibility index (Phi) is 6.96. The SMILES string of the molecule is CC.Cc1ccc(C(C)Nc2cc(-c3cn[nH]c3-c3ccc(F)cc3)ccn2)cc1. The smallest absolute Gasteiger partial charge is 0.126 e. The van der Waals surface area contributed by atoms with Crippen molar-refractivity contribution in [1.29, 1.82) is 0 Å². The monoisotopic (exact) mass is 402 g/mol. The van der Waals surface area contributed by atoms with Crippen molar-refractivity contribution in [3.05, 3.63) is 90.0 Å². The van der Waals surface area contributed by atoms with Gasteiger partial charge in [0.1, 0.15) is 11.6 Å². The Bertz CT molecular complexity index is 1070. The van der Waals surface area contributed by atoms with Crippen LogP contribution in [0.5, 0.6) is 0 Å². The summed E-state index contributed by atoms with van der Waals surface area (Å²) in [5.74, 6) is 0.530. The number of halogens is 1. The number of H-pyrrole nitrogens is 1. The molecule has 2 aromatic heterocycles. The van der Waals surface area contributed by atoms with Crippen molar-refractivity contribution in [2.45, 2.75) is 33.7 Å². The maximum absolute atomic E-state index is 13.2. The van der Waals surface area contributed by atoms with Gasteiger partial charge in [0.25, 0.3) is 0 Å². The molecule has 0 radical (unpaired) electrons. The lowest BCUT2D eigenvalue weighted by Crippen LogP contribution is -2.07. The zero-order valence-corrected chi connectivity index (χ0v) is 17.8. The molecule has 2 aromatic carbocycles. The van der Waals surface area contributed by atoms with E-state index in [1.54, 1.807) is 24.5 Å². The number of aryl methyl sites for hydroxylation is 1. The van der Waals surface area contributed by atoms with E-state index in [2.05, 4.69) is 58.6 Å². The van der Waals surface area contributed by atoms with E-state index in [9.17, 15) is 4.39 Å². The number of nitrogens with zero attached hydrogens (tertiary/aromatic N) is 2. The number of nitrogens with one attached hydrogen (secondary N) is 2. The number of hydrogen-bond acceptors (Lipinski definition) is 3. The third-order valence-electron chi connectivity index (χ3n) is 4.78. The summed E-state index contributed by atoms with van der Waals surface area (Å²) in [4.78, 5) is 4.46. The fourth-order valence-electron chi connectivity index (χ4n) is 3.18. The summed E-state index contributed by atoms with van der Waals surface area (Å²) in [7, 11) is 0. The van der Waals surface area contributed by atoms with Crippen LogP contribution in [0.1, 0.15) is 37.9 Å². The lowest BCUT2D eigenvalue weighted by Gasteiger charge is -2.16. The van der Waals surface area contributed by atoms with Crippen LogP contribution in [0.3, 0.4) is 0 Å². The zero-order chi connectivity index (χ0) is 21.5. The average Bonchev–Trinajstić information content (AvgIpc) is 3.26. The molecule has 154 valence electrons. The maximum Gasteiger partial charge on any atom is 0.126 e. The first-order chi connectivity index (χ1) is 14.6. The van der Waals surface area contributed by atoms with Gasteiger partial charge in [-0.25, -0.2) is 9.37 Å². The van der Waals surface area contributed by atoms with Crippen LogP contribution in [-0.4, -0.2) is 15.2 Å². The summed E-state index contributed by atoms with van der Waals surface area (Å²) in [6, 6.07) is 18.9. The highest BCUT2D eigenvalue weighted by atomic mass is 19.1. The molecule has 2 N–H and O–H groups in total. The first-order valence-electron chi connectivity index (χ1n) is 10.2. The number of aromatic nitrogens is 3. The van der Waals surface area contributed by atoms with Crippen molar-refractivity contribution in [1.82, 2.24) is 15.2 Å². The predicted molar refractivity (Wildman–Crippen MR) is 122 cm³/mol. The average molecular weight is 403 g/mol. The van der Waals surface area contributed by atoms with Gasteiger partial charge < -0.3 is 5.32 Å². The number of hydrogen-bond donors (Lipinski definition) is 2. The minimum absolute atomic E-state index is 0.129. The Morgan fingerprint density at radius 3 is 2.33 bits per heavy atom. The maximum atomic E-state index is 13.2. The van der Waals surface area contributed by atoms with Crippen molar-refractivity contribution >= 4 is 5.82 Å². The van der Waals surface area contributed by atoms with Crippen LogP contribution >= 0.6 is 0 Å². The van der Waals surface area contributed by atoms with Gasteiger partial charge in [-0.05, 0) is 61.4 Å². The van der Waals surface area contributed by atoms with Gasteiger partial charge in [0.05, 0.1) is 11.9 Å². The second kappa shape index (κ2) is 9.83. The number of anilines is 1. The summed E-state index contributed by atoms with van der Waals surface area (Å²) in [5.41, 5.74) is 6.11. The standard InChI is InChI=1S/C23H21FN4.C2H6/c1-15-3-5-17(6-4-15)16(2)27-22-13-19(11-12-25-22)21-14-26-28-23(21)18-7-9-20(24)10-8-18;1-2/h3-14,16H,1-2H3,(H,25,27)(H,26,28);1-2H3. The Balaban J connectivity index is 0.00000124. The van der Waals surface area contributed by atoms with Gasteiger partial charge in [-0.2, -0.15) is 5.10 Å². The summed E-state index contributed by atoms with van der Waals surface area (Å²) < 4.78 is 13.2. The highest BCUT2D eigenvalue weighted by Gasteiger charge is 2.12. The van der Waals surface area contributed by atoms with E-state index in [0.717, 1.165) is 28.2 Å². The third kappa shape index (κ3) is 4.92. The Morgan fingerprint density at radius 2 is 1.63 bits per heavy atom. The van der Waals surface area contributed by atoms with Gasteiger partial charge in [-0.15, -0.1) is 0 Å². The summed E-state index contributed by atoms with van der Waals surface area (Å²) in [5, 5.41) is 10.7. The van der Waals surface area contributed by atoms with Crippen LogP contribution in [0.15, 0.2) is 73.1 Å². The highest BCUT2D eigenvalue weighted by molar-refractivity contribution is 5.81. The second-order valence-corrected chi connectivity index (χ2v) is 6.87. The largest absolute Gasteiger partial charge is 0.364 e. The molecular formula is C25H27FN4. The fraction of sp³-hybridized carbons (Fsp3) is 0.200. The lowest BCUT2D eigenvalue weighted by atomic mass is 10.0. The zero-order valence-electron chi connectivity index (χ0n) is 17.8. The van der Waals surface area contributed by atoms with E-state index >= 15 is 0 Å². The van der Waals surface area contributed by atoms with E-state index in [0.29, 0.717) is 0 Å². The van der Waals surface area contributed by atoms with Gasteiger partial charge >= 0.3 is 0 Å². The molecule has 0 saturated carbocycles. The fourth-order valence-corrected chi connectivity index (χ4v) is 3.18. The second-order valence-electron chi connectivity index (χ2n) is 6.87. The molecule has 0 fully saturated rings. The minimum Gasteiger partial charge on any atom is -0.364 e. The molecule has 4 nitrogen and oxygen atoms in total. The van der Waals surface area contributed by atoms with Gasteiger partial charge in [0.2, 0.25) is 0 Å². The van der Waals surface area contributed by atoms with Crippen LogP contribution in [0, 0.1) is 12.7 Å². The van der Waals surface area contributed by atoms with Crippen LogP contribution in [0.4, 0.5) is 10.2 Å². The number of aromatic amines is 1. The molecule has 0 bridgehead atoms. The van der Waals surface area contributed by atoms with Crippen LogP contribution in [0.2, 0.25) is 0 Å². The molecule has 0 amide bonds. The van der Waals surface area contributed by atoms with Crippen LogP contribution < -0.4 is 5.32 Å². The molecule has 0 aliphatic heterocycles. The Morgan fingerprint density at radius 1 is 0.933 bits per heavy atom. The topological polar surface area (TPSA) is 53.6 Å². The summed E-state index contributed by atoms with van der Waals surface area (Å²) in [6.45, 7) is 8.19. The van der Waals surface area contributed by atoms with Crippen molar-refractivity contribution in [3.63, 3.8) is 0 Å². The van der Waals surface area contributed by atoms with Crippen molar-refractivity contribution < 1.29 is 4.39 Å².